The molecule has 20 heavy (non-hydrogen) atoms. The molecule has 0 unspecified atom stereocenters. The molecule has 5 nitrogen and oxygen atoms in total. The van der Waals surface area contributed by atoms with Gasteiger partial charge in [-0.3, -0.25) is 0 Å². The van der Waals surface area contributed by atoms with E-state index in [1.165, 1.54) is 6.42 Å². The van der Waals surface area contributed by atoms with Crippen LogP contribution in [-0.2, 0) is 12.1 Å². The maximum atomic E-state index is 6.40. The Morgan fingerprint density at radius 1 is 1.10 bits per heavy atom. The molecule has 1 saturated carbocycles. The summed E-state index contributed by atoms with van der Waals surface area (Å²) in [6.45, 7) is 0.531. The van der Waals surface area contributed by atoms with Crippen LogP contribution in [0.3, 0.4) is 0 Å². The number of hydrogen-bond acceptors (Lipinski definition) is 5. The first kappa shape index (κ1) is 13.3. The summed E-state index contributed by atoms with van der Waals surface area (Å²) in [6.07, 6.45) is 5.32. The van der Waals surface area contributed by atoms with Gasteiger partial charge >= 0.3 is 0 Å². The maximum Gasteiger partial charge on any atom is 0.247 e. The molecule has 0 bridgehead atoms. The lowest BCUT2D eigenvalue weighted by atomic mass is 9.82. The van der Waals surface area contributed by atoms with Crippen molar-refractivity contribution in [3.63, 3.8) is 0 Å². The molecule has 4 N–H and O–H groups in total. The minimum absolute atomic E-state index is 0.444. The molecule has 0 spiro atoms. The van der Waals surface area contributed by atoms with Gasteiger partial charge in [-0.15, -0.1) is 0 Å². The van der Waals surface area contributed by atoms with Gasteiger partial charge in [0.2, 0.25) is 11.7 Å². The topological polar surface area (TPSA) is 91.0 Å². The molecule has 1 aromatic heterocycles. The lowest BCUT2D eigenvalue weighted by Gasteiger charge is -2.29. The second-order valence-corrected chi connectivity index (χ2v) is 5.54. The van der Waals surface area contributed by atoms with E-state index in [-0.39, 0.29) is 0 Å². The molecule has 0 radical (unpaired) electrons. The predicted molar refractivity (Wildman–Crippen MR) is 76.6 cm³/mol. The molecule has 3 rings (SSSR count). The Labute approximate surface area is 118 Å². The lowest BCUT2D eigenvalue weighted by Crippen LogP contribution is -2.38. The van der Waals surface area contributed by atoms with E-state index in [2.05, 4.69) is 10.1 Å². The van der Waals surface area contributed by atoms with Gasteiger partial charge < -0.3 is 16.0 Å². The van der Waals surface area contributed by atoms with E-state index in [1.807, 2.05) is 24.3 Å². The number of nitrogens with two attached hydrogens (primary N) is 2. The van der Waals surface area contributed by atoms with Crippen molar-refractivity contribution in [1.82, 2.24) is 10.1 Å². The minimum Gasteiger partial charge on any atom is -0.337 e. The fourth-order valence-electron chi connectivity index (χ4n) is 2.73. The average molecular weight is 272 g/mol. The Balaban J connectivity index is 1.85. The highest BCUT2D eigenvalue weighted by Gasteiger charge is 2.35. The molecule has 0 amide bonds. The monoisotopic (exact) mass is 272 g/mol. The minimum atomic E-state index is -0.444. The van der Waals surface area contributed by atoms with Gasteiger partial charge in [-0.1, -0.05) is 48.7 Å². The fourth-order valence-corrected chi connectivity index (χ4v) is 2.73. The van der Waals surface area contributed by atoms with Crippen LogP contribution in [0.4, 0.5) is 0 Å². The zero-order chi connectivity index (χ0) is 14.0. The Morgan fingerprint density at radius 2 is 1.80 bits per heavy atom. The number of rotatable bonds is 3. The summed E-state index contributed by atoms with van der Waals surface area (Å²) in [5.74, 6) is 1.16. The fraction of sp³-hybridized carbons (Fsp3) is 0.467. The average Bonchev–Trinajstić information content (AvgIpc) is 2.99. The summed E-state index contributed by atoms with van der Waals surface area (Å²) in [4.78, 5) is 4.50. The van der Waals surface area contributed by atoms with E-state index in [0.29, 0.717) is 18.3 Å². The number of benzene rings is 1. The third kappa shape index (κ3) is 2.46. The lowest BCUT2D eigenvalue weighted by molar-refractivity contribution is 0.220. The van der Waals surface area contributed by atoms with Crippen LogP contribution in [0.5, 0.6) is 0 Å². The molecule has 1 aliphatic rings. The van der Waals surface area contributed by atoms with Crippen LogP contribution in [-0.4, -0.2) is 10.1 Å². The Hall–Kier alpha value is -1.72. The van der Waals surface area contributed by atoms with Crippen molar-refractivity contribution >= 4 is 0 Å². The third-order valence-electron chi connectivity index (χ3n) is 4.05. The summed E-state index contributed by atoms with van der Waals surface area (Å²) in [5.41, 5.74) is 13.6. The maximum absolute atomic E-state index is 6.40. The smallest absolute Gasteiger partial charge is 0.247 e. The van der Waals surface area contributed by atoms with E-state index >= 15 is 0 Å². The molecule has 0 saturated heterocycles. The van der Waals surface area contributed by atoms with Crippen LogP contribution in [0.1, 0.15) is 43.6 Å². The van der Waals surface area contributed by atoms with E-state index in [0.717, 1.165) is 36.8 Å². The quantitative estimate of drug-likeness (QED) is 0.894. The molecule has 2 aromatic rings. The van der Waals surface area contributed by atoms with Crippen LogP contribution in [0.2, 0.25) is 0 Å². The van der Waals surface area contributed by atoms with Crippen LogP contribution in [0, 0.1) is 0 Å². The first-order valence-corrected chi connectivity index (χ1v) is 7.14. The standard InChI is InChI=1S/C15H20N4O/c16-10-11-4-6-12(7-5-11)13-18-14(20-19-13)15(17)8-2-1-3-9-15/h4-7H,1-3,8-10,16-17H2. The van der Waals surface area contributed by atoms with Gasteiger partial charge in [0.1, 0.15) is 0 Å². The molecular formula is C15H20N4O. The third-order valence-corrected chi connectivity index (χ3v) is 4.05. The second-order valence-electron chi connectivity index (χ2n) is 5.54. The van der Waals surface area contributed by atoms with Crippen LogP contribution < -0.4 is 11.5 Å². The van der Waals surface area contributed by atoms with Gasteiger partial charge in [0.25, 0.3) is 0 Å². The van der Waals surface area contributed by atoms with Crippen molar-refractivity contribution in [2.24, 2.45) is 11.5 Å². The van der Waals surface area contributed by atoms with Gasteiger partial charge in [-0.2, -0.15) is 4.98 Å². The summed E-state index contributed by atoms with van der Waals surface area (Å²) in [5, 5.41) is 4.06. The molecule has 5 heteroatoms. The van der Waals surface area contributed by atoms with Crippen molar-refractivity contribution in [3.8, 4) is 11.4 Å². The highest BCUT2D eigenvalue weighted by molar-refractivity contribution is 5.54. The molecule has 0 atom stereocenters. The molecule has 1 aromatic carbocycles. The number of hydrogen-bond donors (Lipinski definition) is 2. The highest BCUT2D eigenvalue weighted by Crippen LogP contribution is 2.34. The Morgan fingerprint density at radius 3 is 2.45 bits per heavy atom. The van der Waals surface area contributed by atoms with Crippen LogP contribution in [0.15, 0.2) is 28.8 Å². The van der Waals surface area contributed by atoms with Crippen molar-refractivity contribution in [1.29, 1.82) is 0 Å². The highest BCUT2D eigenvalue weighted by atomic mass is 16.5. The molecule has 1 heterocycles. The van der Waals surface area contributed by atoms with Crippen LogP contribution in [0.25, 0.3) is 11.4 Å². The van der Waals surface area contributed by atoms with Gasteiger partial charge in [0.05, 0.1) is 5.54 Å². The van der Waals surface area contributed by atoms with Crippen molar-refractivity contribution < 1.29 is 4.52 Å². The second kappa shape index (κ2) is 5.34. The van der Waals surface area contributed by atoms with Gasteiger partial charge in [-0.05, 0) is 18.4 Å². The molecule has 106 valence electrons. The molecule has 0 aliphatic heterocycles. The molecular weight excluding hydrogens is 252 g/mol. The number of aromatic nitrogens is 2. The number of nitrogens with zero attached hydrogens (tertiary/aromatic N) is 2. The van der Waals surface area contributed by atoms with E-state index < -0.39 is 5.54 Å². The predicted octanol–water partition coefficient (Wildman–Crippen LogP) is 2.31. The van der Waals surface area contributed by atoms with Gasteiger partial charge in [0.15, 0.2) is 0 Å². The normalized spacial score (nSPS) is 18.1. The van der Waals surface area contributed by atoms with Gasteiger partial charge in [0, 0.05) is 12.1 Å². The van der Waals surface area contributed by atoms with Crippen molar-refractivity contribution in [2.45, 2.75) is 44.2 Å². The molecule has 1 aliphatic carbocycles. The van der Waals surface area contributed by atoms with Gasteiger partial charge in [-0.25, -0.2) is 0 Å². The Bertz CT molecular complexity index is 570. The van der Waals surface area contributed by atoms with E-state index in [1.54, 1.807) is 0 Å². The van der Waals surface area contributed by atoms with Crippen molar-refractivity contribution in [3.05, 3.63) is 35.7 Å². The Kier molecular flexibility index (Phi) is 3.54. The molecule has 1 fully saturated rings. The van der Waals surface area contributed by atoms with Crippen molar-refractivity contribution in [2.75, 3.05) is 0 Å². The summed E-state index contributed by atoms with van der Waals surface area (Å²) in [6, 6.07) is 7.87. The summed E-state index contributed by atoms with van der Waals surface area (Å²) >= 11 is 0. The van der Waals surface area contributed by atoms with E-state index in [4.69, 9.17) is 16.0 Å². The zero-order valence-corrected chi connectivity index (χ0v) is 11.5. The van der Waals surface area contributed by atoms with Crippen LogP contribution >= 0.6 is 0 Å². The van der Waals surface area contributed by atoms with E-state index in [9.17, 15) is 0 Å². The summed E-state index contributed by atoms with van der Waals surface area (Å²) < 4.78 is 5.41. The first-order valence-electron chi connectivity index (χ1n) is 7.14. The largest absolute Gasteiger partial charge is 0.337 e. The SMILES string of the molecule is NCc1ccc(-c2noc(C3(N)CCCCC3)n2)cc1. The first-order chi connectivity index (χ1) is 9.71. The zero-order valence-electron chi connectivity index (χ0n) is 11.5. The summed E-state index contributed by atoms with van der Waals surface area (Å²) in [7, 11) is 0.